The first-order valence-electron chi connectivity index (χ1n) is 0. The third kappa shape index (κ3) is 21.0. The third-order valence-corrected chi connectivity index (χ3v) is 0. The summed E-state index contributed by atoms with van der Waals surface area (Å²) in [5, 5.41) is 0. The van der Waals surface area contributed by atoms with Gasteiger partial charge in [0.25, 0.3) is 0 Å². The molecule has 0 rings (SSSR count). The molecule has 0 amide bonds. The van der Waals surface area contributed by atoms with Crippen molar-refractivity contribution in [2.75, 3.05) is 0 Å². The average molecular weight is 241 g/mol. The summed E-state index contributed by atoms with van der Waals surface area (Å²) in [5.74, 6) is 0. The molecule has 0 saturated heterocycles. The molecule has 5 heteroatoms. The normalized spacial score (nSPS) is 0. The monoisotopic (exact) mass is 243 g/mol. The molecule has 0 aromatic heterocycles. The molecule has 0 aliphatic carbocycles. The van der Waals surface area contributed by atoms with E-state index in [1.54, 1.807) is 0 Å². The van der Waals surface area contributed by atoms with Gasteiger partial charge in [-0.25, -0.2) is 0 Å². The minimum atomic E-state index is 0. The topological polar surface area (TPSA) is 0 Å². The second kappa shape index (κ2) is 31.4. The molecule has 0 aromatic carbocycles. The Morgan fingerprint density at radius 2 is 0.600 bits per heavy atom. The molecule has 0 aromatic rings. The zero-order valence-corrected chi connectivity index (χ0v) is 8.12. The molecule has 0 N–H and O–H groups in total. The van der Waals surface area contributed by atoms with Gasteiger partial charge >= 0.3 is 17.4 Å². The molecule has 0 spiro atoms. The van der Waals surface area contributed by atoms with E-state index in [-0.39, 0.29) is 68.1 Å². The predicted octanol–water partition coefficient (Wildman–Crippen LogP) is 2.58. The largest absolute Gasteiger partial charge is 3.00 e. The maximum atomic E-state index is 0. The molecule has 0 aliphatic heterocycles. The van der Waals surface area contributed by atoms with Crippen LogP contribution in [0.4, 0.5) is 0 Å². The first kappa shape index (κ1) is 50.5. The SMILES string of the molecule is [Cr+3].[Mo].[P-3].[P-3].[P-3]. The molecule has 0 unspecified atom stereocenters. The Balaban J connectivity index is 0. The minimum Gasteiger partial charge on any atom is -3.00 e. The van der Waals surface area contributed by atoms with E-state index in [0.717, 1.165) is 0 Å². The minimum absolute atomic E-state index is 0. The fourth-order valence-corrected chi connectivity index (χ4v) is 0. The van der Waals surface area contributed by atoms with Crippen molar-refractivity contribution < 1.29 is 38.4 Å². The van der Waals surface area contributed by atoms with Crippen molar-refractivity contribution in [1.29, 1.82) is 0 Å². The predicted molar refractivity (Wildman–Crippen MR) is 20.8 cm³/mol. The van der Waals surface area contributed by atoms with Gasteiger partial charge in [0, 0.05) is 21.1 Å². The van der Waals surface area contributed by atoms with E-state index < -0.39 is 0 Å². The van der Waals surface area contributed by atoms with Crippen LogP contribution in [0, 0.1) is 0 Å². The number of hydrogen-bond donors (Lipinski definition) is 0. The van der Waals surface area contributed by atoms with Crippen LogP contribution < -0.4 is 0 Å². The summed E-state index contributed by atoms with van der Waals surface area (Å²) in [6.45, 7) is 0. The van der Waals surface area contributed by atoms with E-state index in [9.17, 15) is 0 Å². The Morgan fingerprint density at radius 3 is 0.600 bits per heavy atom. The zero-order valence-electron chi connectivity index (χ0n) is 2.16. The van der Waals surface area contributed by atoms with Gasteiger partial charge in [0.05, 0.1) is 0 Å². The Labute approximate surface area is 67.9 Å². The van der Waals surface area contributed by atoms with Gasteiger partial charge in [0.2, 0.25) is 0 Å². The Bertz CT molecular complexity index is 6.85. The van der Waals surface area contributed by atoms with Crippen LogP contribution in [0.15, 0.2) is 0 Å². The van der Waals surface area contributed by atoms with Crippen molar-refractivity contribution in [3.8, 4) is 0 Å². The molecule has 0 aliphatic rings. The van der Waals surface area contributed by atoms with Gasteiger partial charge in [-0.15, -0.1) is 0 Å². The fraction of sp³-hybridized carbons (Fsp3) is 0. The molecule has 0 nitrogen and oxygen atoms in total. The first-order valence-corrected chi connectivity index (χ1v) is 0. The summed E-state index contributed by atoms with van der Waals surface area (Å²) >= 11 is 0. The van der Waals surface area contributed by atoms with Gasteiger partial charge in [-0.1, -0.05) is 0 Å². The van der Waals surface area contributed by atoms with E-state index in [2.05, 4.69) is 0 Å². The van der Waals surface area contributed by atoms with Gasteiger partial charge in [-0.3, -0.25) is 0 Å². The number of hydrogen-bond acceptors (Lipinski definition) is 0. The third-order valence-electron chi connectivity index (χ3n) is 0. The van der Waals surface area contributed by atoms with Crippen LogP contribution in [-0.4, -0.2) is 0 Å². The van der Waals surface area contributed by atoms with Gasteiger partial charge in [0.1, 0.15) is 0 Å². The summed E-state index contributed by atoms with van der Waals surface area (Å²) in [6.07, 6.45) is 0. The summed E-state index contributed by atoms with van der Waals surface area (Å²) < 4.78 is 0. The molecular weight excluding hydrogens is 241 g/mol. The standard InChI is InChI=1S/Cr.Mo.3P/q+3;;3*-3. The van der Waals surface area contributed by atoms with Crippen molar-refractivity contribution in [2.24, 2.45) is 0 Å². The molecule has 0 saturated carbocycles. The van der Waals surface area contributed by atoms with Crippen molar-refractivity contribution >= 4 is 29.7 Å². The van der Waals surface area contributed by atoms with Crippen LogP contribution in [0.3, 0.4) is 0 Å². The van der Waals surface area contributed by atoms with Crippen LogP contribution in [0.2, 0.25) is 0 Å². The van der Waals surface area contributed by atoms with Gasteiger partial charge in [-0.2, -0.15) is 0 Å². The van der Waals surface area contributed by atoms with E-state index in [1.165, 1.54) is 0 Å². The summed E-state index contributed by atoms with van der Waals surface area (Å²) in [4.78, 5) is 0. The second-order valence-electron chi connectivity index (χ2n) is 0. The molecule has 0 atom stereocenters. The summed E-state index contributed by atoms with van der Waals surface area (Å²) in [6, 6.07) is 0. The molecular formula is CrMoP3-6. The average Bonchev–Trinajstić information content (AvgIpc) is 0. The Morgan fingerprint density at radius 1 is 0.600 bits per heavy atom. The quantitative estimate of drug-likeness (QED) is 0.451. The van der Waals surface area contributed by atoms with Crippen LogP contribution >= 0.6 is 29.7 Å². The molecule has 1 radical (unpaired) electrons. The van der Waals surface area contributed by atoms with Crippen LogP contribution in [0.1, 0.15) is 0 Å². The molecule has 0 fully saturated rings. The van der Waals surface area contributed by atoms with Gasteiger partial charge < -0.3 is 29.7 Å². The van der Waals surface area contributed by atoms with Crippen LogP contribution in [-0.2, 0) is 38.4 Å². The second-order valence-corrected chi connectivity index (χ2v) is 0. The Kier molecular flexibility index (Phi) is 317. The summed E-state index contributed by atoms with van der Waals surface area (Å²) in [7, 11) is 0. The van der Waals surface area contributed by atoms with Crippen LogP contribution in [0.5, 0.6) is 0 Å². The Hall–Kier alpha value is 2.51. The van der Waals surface area contributed by atoms with Crippen molar-refractivity contribution in [3.63, 3.8) is 0 Å². The van der Waals surface area contributed by atoms with Crippen molar-refractivity contribution in [1.82, 2.24) is 0 Å². The molecule has 0 bridgehead atoms. The van der Waals surface area contributed by atoms with Crippen LogP contribution in [0.25, 0.3) is 0 Å². The van der Waals surface area contributed by atoms with E-state index in [0.29, 0.717) is 0 Å². The summed E-state index contributed by atoms with van der Waals surface area (Å²) in [5.41, 5.74) is 0. The van der Waals surface area contributed by atoms with Crippen molar-refractivity contribution in [2.45, 2.75) is 0 Å². The first-order chi connectivity index (χ1) is 0. The van der Waals surface area contributed by atoms with E-state index in [1.807, 2.05) is 0 Å². The maximum Gasteiger partial charge on any atom is 3.00 e. The molecule has 5 heavy (non-hydrogen) atoms. The number of rotatable bonds is 0. The smallest absolute Gasteiger partial charge is 3.00 e. The molecule has 33 valence electrons. The van der Waals surface area contributed by atoms with E-state index >= 15 is 0 Å². The van der Waals surface area contributed by atoms with Gasteiger partial charge in [0.15, 0.2) is 0 Å². The fourth-order valence-electron chi connectivity index (χ4n) is 0. The van der Waals surface area contributed by atoms with E-state index in [4.69, 9.17) is 0 Å². The molecule has 0 heterocycles. The zero-order chi connectivity index (χ0) is 0. The maximum absolute atomic E-state index is 0. The van der Waals surface area contributed by atoms with Gasteiger partial charge in [-0.05, 0) is 0 Å². The van der Waals surface area contributed by atoms with Crippen molar-refractivity contribution in [3.05, 3.63) is 0 Å².